The lowest BCUT2D eigenvalue weighted by molar-refractivity contribution is -0.167. The summed E-state index contributed by atoms with van der Waals surface area (Å²) in [5, 5.41) is 1.07. The number of methoxy groups -OCH3 is 1. The molecule has 0 aliphatic carbocycles. The van der Waals surface area contributed by atoms with E-state index >= 15 is 0 Å². The van der Waals surface area contributed by atoms with Crippen molar-refractivity contribution in [2.45, 2.75) is 37.3 Å². The highest BCUT2D eigenvalue weighted by molar-refractivity contribution is 6.01. The zero-order chi connectivity index (χ0) is 23.4. The zero-order valence-electron chi connectivity index (χ0n) is 19.5. The highest BCUT2D eigenvalue weighted by atomic mass is 16.5. The van der Waals surface area contributed by atoms with Gasteiger partial charge in [-0.2, -0.15) is 0 Å². The van der Waals surface area contributed by atoms with Crippen molar-refractivity contribution in [3.05, 3.63) is 65.4 Å². The van der Waals surface area contributed by atoms with Gasteiger partial charge in [-0.3, -0.25) is 9.59 Å². The molecule has 3 atom stereocenters. The molecule has 6 rings (SSSR count). The van der Waals surface area contributed by atoms with Crippen molar-refractivity contribution in [1.82, 2.24) is 14.8 Å². The lowest BCUT2D eigenvalue weighted by Crippen LogP contribution is -2.68. The van der Waals surface area contributed by atoms with E-state index in [9.17, 15) is 9.59 Å². The van der Waals surface area contributed by atoms with Gasteiger partial charge in [-0.1, -0.05) is 36.4 Å². The molecule has 2 saturated heterocycles. The number of carbonyl (C=O) groups excluding carboxylic acids is 2. The van der Waals surface area contributed by atoms with E-state index < -0.39 is 5.54 Å². The number of fused-ring (bicyclic) bond motifs is 5. The van der Waals surface area contributed by atoms with Gasteiger partial charge in [0.25, 0.3) is 5.91 Å². The number of rotatable bonds is 4. The van der Waals surface area contributed by atoms with E-state index in [1.54, 1.807) is 16.9 Å². The number of piperazine rings is 1. The first-order valence-electron chi connectivity index (χ1n) is 12.0. The highest BCUT2D eigenvalue weighted by Crippen LogP contribution is 2.49. The van der Waals surface area contributed by atoms with Crippen LogP contribution < -0.4 is 4.74 Å². The van der Waals surface area contributed by atoms with Crippen molar-refractivity contribution >= 4 is 22.7 Å². The summed E-state index contributed by atoms with van der Waals surface area (Å²) in [7, 11) is 1.67. The topological polar surface area (TPSA) is 74.9 Å². The maximum Gasteiger partial charge on any atom is 0.255 e. The number of benzene rings is 2. The number of ether oxygens (including phenoxy) is 2. The molecule has 0 radical (unpaired) electrons. The normalized spacial score (nSPS) is 26.6. The Hall–Kier alpha value is -3.32. The van der Waals surface area contributed by atoms with Crippen LogP contribution in [0.15, 0.2) is 48.5 Å². The number of H-pyrrole nitrogens is 1. The zero-order valence-corrected chi connectivity index (χ0v) is 19.5. The largest absolute Gasteiger partial charge is 0.496 e. The molecule has 2 amide bonds. The van der Waals surface area contributed by atoms with Crippen molar-refractivity contribution in [3.63, 3.8) is 0 Å². The van der Waals surface area contributed by atoms with Crippen LogP contribution in [0.3, 0.4) is 0 Å². The Labute approximate surface area is 198 Å². The third kappa shape index (κ3) is 2.99. The van der Waals surface area contributed by atoms with Gasteiger partial charge in [-0.25, -0.2) is 0 Å². The first-order chi connectivity index (χ1) is 16.5. The van der Waals surface area contributed by atoms with Gasteiger partial charge in [0.2, 0.25) is 5.91 Å². The number of carbonyl (C=O) groups is 2. The van der Waals surface area contributed by atoms with Crippen molar-refractivity contribution in [1.29, 1.82) is 0 Å². The van der Waals surface area contributed by atoms with E-state index in [-0.39, 0.29) is 30.4 Å². The summed E-state index contributed by atoms with van der Waals surface area (Å²) in [6.45, 7) is 3.57. The molecule has 3 aliphatic heterocycles. The molecule has 0 bridgehead atoms. The van der Waals surface area contributed by atoms with E-state index in [0.717, 1.165) is 52.9 Å². The highest BCUT2D eigenvalue weighted by Gasteiger charge is 2.56. The van der Waals surface area contributed by atoms with Crippen LogP contribution in [0.1, 0.15) is 42.5 Å². The van der Waals surface area contributed by atoms with Crippen LogP contribution in [0.5, 0.6) is 5.75 Å². The Bertz CT molecular complexity index is 1280. The molecule has 2 aromatic carbocycles. The Balaban J connectivity index is 1.52. The Morgan fingerprint density at radius 2 is 1.94 bits per heavy atom. The third-order valence-corrected chi connectivity index (χ3v) is 7.78. The summed E-state index contributed by atoms with van der Waals surface area (Å²) in [4.78, 5) is 34.6. The van der Waals surface area contributed by atoms with Crippen molar-refractivity contribution < 1.29 is 19.1 Å². The Kier molecular flexibility index (Phi) is 4.92. The van der Waals surface area contributed by atoms with E-state index in [1.165, 1.54) is 0 Å². The average molecular weight is 460 g/mol. The van der Waals surface area contributed by atoms with Crippen molar-refractivity contribution in [2.75, 3.05) is 33.4 Å². The van der Waals surface area contributed by atoms with Crippen LogP contribution in [0.2, 0.25) is 0 Å². The Morgan fingerprint density at radius 1 is 1.15 bits per heavy atom. The first kappa shape index (κ1) is 21.2. The van der Waals surface area contributed by atoms with E-state index in [1.807, 2.05) is 43.3 Å². The maximum atomic E-state index is 14.1. The van der Waals surface area contributed by atoms with Gasteiger partial charge in [-0.05, 0) is 37.5 Å². The minimum atomic E-state index is -1.10. The number of amides is 2. The Morgan fingerprint density at radius 3 is 2.74 bits per heavy atom. The minimum Gasteiger partial charge on any atom is -0.496 e. The van der Waals surface area contributed by atoms with Gasteiger partial charge in [0, 0.05) is 42.1 Å². The predicted octanol–water partition coefficient (Wildman–Crippen LogP) is 3.39. The van der Waals surface area contributed by atoms with Crippen molar-refractivity contribution in [2.24, 2.45) is 0 Å². The number of nitrogens with zero attached hydrogens (tertiary/aromatic N) is 2. The SMILES string of the molecule is COc1ccccc1[C@H]1CN2C(=O)CN(C[C@H]3CCCO3)C(=O)[C@]2(C)c2[nH]c3ccccc3c21. The third-order valence-electron chi connectivity index (χ3n) is 7.78. The van der Waals surface area contributed by atoms with Gasteiger partial charge in [0.05, 0.1) is 25.5 Å². The van der Waals surface area contributed by atoms with Crippen molar-refractivity contribution in [3.8, 4) is 5.75 Å². The molecule has 2 fully saturated rings. The fraction of sp³-hybridized carbons (Fsp3) is 0.407. The molecule has 7 nitrogen and oxygen atoms in total. The van der Waals surface area contributed by atoms with E-state index in [4.69, 9.17) is 9.47 Å². The fourth-order valence-corrected chi connectivity index (χ4v) is 6.09. The summed E-state index contributed by atoms with van der Waals surface area (Å²) < 4.78 is 11.5. The summed E-state index contributed by atoms with van der Waals surface area (Å²) in [5.74, 6) is 0.582. The van der Waals surface area contributed by atoms with Crippen LogP contribution in [0, 0.1) is 0 Å². The van der Waals surface area contributed by atoms with Gasteiger partial charge in [0.15, 0.2) is 5.54 Å². The van der Waals surface area contributed by atoms with Crippen LogP contribution in [-0.2, 0) is 19.9 Å². The average Bonchev–Trinajstić information content (AvgIpc) is 3.51. The smallest absolute Gasteiger partial charge is 0.255 e. The van der Waals surface area contributed by atoms with Gasteiger partial charge in [-0.15, -0.1) is 0 Å². The molecule has 3 aromatic rings. The maximum absolute atomic E-state index is 14.1. The number of aromatic nitrogens is 1. The van der Waals surface area contributed by atoms with Gasteiger partial charge in [0.1, 0.15) is 5.75 Å². The number of aromatic amines is 1. The molecule has 0 unspecified atom stereocenters. The molecule has 0 spiro atoms. The molecule has 7 heteroatoms. The number of hydrogen-bond donors (Lipinski definition) is 1. The van der Waals surface area contributed by atoms with Crippen LogP contribution in [0.4, 0.5) is 0 Å². The predicted molar refractivity (Wildman–Crippen MR) is 128 cm³/mol. The number of nitrogens with one attached hydrogen (secondary N) is 1. The fourth-order valence-electron chi connectivity index (χ4n) is 6.09. The molecule has 1 N–H and O–H groups in total. The van der Waals surface area contributed by atoms with Gasteiger partial charge < -0.3 is 24.3 Å². The minimum absolute atomic E-state index is 0.000923. The van der Waals surface area contributed by atoms with Gasteiger partial charge >= 0.3 is 0 Å². The monoisotopic (exact) mass is 459 g/mol. The summed E-state index contributed by atoms with van der Waals surface area (Å²) >= 11 is 0. The molecule has 1 aromatic heterocycles. The molecule has 3 aliphatic rings. The van der Waals surface area contributed by atoms with E-state index in [0.29, 0.717) is 13.1 Å². The molecular weight excluding hydrogens is 430 g/mol. The summed E-state index contributed by atoms with van der Waals surface area (Å²) in [6, 6.07) is 16.1. The molecule has 176 valence electrons. The quantitative estimate of drug-likeness (QED) is 0.649. The molecule has 34 heavy (non-hydrogen) atoms. The summed E-state index contributed by atoms with van der Waals surface area (Å²) in [6.07, 6.45) is 1.92. The lowest BCUT2D eigenvalue weighted by atomic mass is 9.76. The second kappa shape index (κ2) is 7.87. The van der Waals surface area contributed by atoms with Crippen LogP contribution in [-0.4, -0.2) is 66.1 Å². The molecule has 4 heterocycles. The lowest BCUT2D eigenvalue weighted by Gasteiger charge is -2.51. The molecule has 0 saturated carbocycles. The van der Waals surface area contributed by atoms with E-state index in [2.05, 4.69) is 17.1 Å². The summed E-state index contributed by atoms with van der Waals surface area (Å²) in [5.41, 5.74) is 2.75. The number of hydrogen-bond acceptors (Lipinski definition) is 4. The second-order valence-electron chi connectivity index (χ2n) is 9.65. The standard InChI is InChI=1S/C27H29N3O4/c1-27-25-24(19-10-3-5-11-21(19)28-25)20(18-9-4-6-12-22(18)33-2)15-30(27)23(31)16-29(26(27)32)14-17-8-7-13-34-17/h3-6,9-12,17,20,28H,7-8,13-16H2,1-2H3/t17-,20-,27+/m1/s1. The number of para-hydroxylation sites is 2. The second-order valence-corrected chi connectivity index (χ2v) is 9.65. The van der Waals surface area contributed by atoms with Crippen LogP contribution in [0.25, 0.3) is 10.9 Å². The molecular formula is C27H29N3O4. The van der Waals surface area contributed by atoms with Crippen LogP contribution >= 0.6 is 0 Å². The first-order valence-corrected chi connectivity index (χ1v) is 12.0.